The summed E-state index contributed by atoms with van der Waals surface area (Å²) in [4.78, 5) is 21.5. The van der Waals surface area contributed by atoms with E-state index in [0.29, 0.717) is 11.3 Å². The number of carbonyl (C=O) groups excluding carboxylic acids is 1. The summed E-state index contributed by atoms with van der Waals surface area (Å²) in [5.74, 6) is 0.145. The Bertz CT molecular complexity index is 1180. The van der Waals surface area contributed by atoms with Gasteiger partial charge in [-0.05, 0) is 49.7 Å². The van der Waals surface area contributed by atoms with Crippen LogP contribution in [0.1, 0.15) is 26.2 Å². The first-order valence-electron chi connectivity index (χ1n) is 13.1. The monoisotopic (exact) mass is 545 g/mol. The standard InChI is InChI=1S/C27H39N5O3S2/c1-4-8-27(33)28-13-16-31-19-17-30(18-20-31)14-7-15-32-23-9-5-6-10-25(23)36-26-12-11-22(21-24(26)32)37(34,35)29(2)3/h5-6,9-12,21H,4,7-8,13-20H2,1-3H3,(H,28,33). The Morgan fingerprint density at radius 3 is 2.32 bits per heavy atom. The Balaban J connectivity index is 1.35. The summed E-state index contributed by atoms with van der Waals surface area (Å²) in [5.41, 5.74) is 2.09. The molecular weight excluding hydrogens is 506 g/mol. The van der Waals surface area contributed by atoms with E-state index in [4.69, 9.17) is 0 Å². The van der Waals surface area contributed by atoms with Gasteiger partial charge in [-0.25, -0.2) is 12.7 Å². The van der Waals surface area contributed by atoms with Gasteiger partial charge >= 0.3 is 0 Å². The van der Waals surface area contributed by atoms with Crippen LogP contribution in [0.15, 0.2) is 57.2 Å². The van der Waals surface area contributed by atoms with E-state index in [1.54, 1.807) is 31.9 Å². The molecule has 2 aromatic carbocycles. The number of hydrogen-bond donors (Lipinski definition) is 1. The number of benzene rings is 2. The van der Waals surface area contributed by atoms with E-state index in [1.807, 2.05) is 25.1 Å². The van der Waals surface area contributed by atoms with Gasteiger partial charge in [0.25, 0.3) is 0 Å². The smallest absolute Gasteiger partial charge is 0.242 e. The van der Waals surface area contributed by atoms with Crippen LogP contribution in [0.3, 0.4) is 0 Å². The molecule has 1 fully saturated rings. The van der Waals surface area contributed by atoms with Crippen LogP contribution in [-0.2, 0) is 14.8 Å². The molecule has 0 unspecified atom stereocenters. The third kappa shape index (κ3) is 6.86. The molecule has 1 N–H and O–H groups in total. The molecule has 37 heavy (non-hydrogen) atoms. The van der Waals surface area contributed by atoms with Crippen molar-refractivity contribution in [3.05, 3.63) is 42.5 Å². The molecule has 1 saturated heterocycles. The van der Waals surface area contributed by atoms with Crippen molar-refractivity contribution < 1.29 is 13.2 Å². The molecule has 10 heteroatoms. The van der Waals surface area contributed by atoms with Crippen LogP contribution in [0.25, 0.3) is 0 Å². The quantitative estimate of drug-likeness (QED) is 0.463. The van der Waals surface area contributed by atoms with Crippen LogP contribution in [0.5, 0.6) is 0 Å². The third-order valence-corrected chi connectivity index (χ3v) is 9.87. The maximum atomic E-state index is 12.8. The van der Waals surface area contributed by atoms with Gasteiger partial charge in [-0.2, -0.15) is 0 Å². The molecule has 0 bridgehead atoms. The van der Waals surface area contributed by atoms with E-state index in [1.165, 1.54) is 9.20 Å². The van der Waals surface area contributed by atoms with Crippen LogP contribution in [0, 0.1) is 0 Å². The largest absolute Gasteiger partial charge is 0.355 e. The van der Waals surface area contributed by atoms with Gasteiger partial charge in [-0.1, -0.05) is 30.8 Å². The molecule has 2 heterocycles. The molecule has 0 radical (unpaired) electrons. The predicted octanol–water partition coefficient (Wildman–Crippen LogP) is 3.46. The van der Waals surface area contributed by atoms with Crippen molar-refractivity contribution in [3.63, 3.8) is 0 Å². The van der Waals surface area contributed by atoms with Crippen molar-refractivity contribution in [3.8, 4) is 0 Å². The number of piperazine rings is 1. The number of carbonyl (C=O) groups is 1. The molecule has 2 aliphatic rings. The number of fused-ring (bicyclic) bond motifs is 2. The van der Waals surface area contributed by atoms with E-state index >= 15 is 0 Å². The first-order chi connectivity index (χ1) is 17.8. The summed E-state index contributed by atoms with van der Waals surface area (Å²) < 4.78 is 26.9. The summed E-state index contributed by atoms with van der Waals surface area (Å²) >= 11 is 1.69. The highest BCUT2D eigenvalue weighted by Gasteiger charge is 2.27. The van der Waals surface area contributed by atoms with Gasteiger partial charge in [0, 0.05) is 76.1 Å². The van der Waals surface area contributed by atoms with E-state index < -0.39 is 10.0 Å². The molecule has 0 aliphatic carbocycles. The Labute approximate surface area is 226 Å². The predicted molar refractivity (Wildman–Crippen MR) is 150 cm³/mol. The fraction of sp³-hybridized carbons (Fsp3) is 0.519. The van der Waals surface area contributed by atoms with Crippen molar-refractivity contribution in [2.45, 2.75) is 40.9 Å². The number of nitrogens with one attached hydrogen (secondary N) is 1. The molecule has 0 spiro atoms. The van der Waals surface area contributed by atoms with Crippen LogP contribution in [0.2, 0.25) is 0 Å². The van der Waals surface area contributed by atoms with Gasteiger partial charge in [0.1, 0.15) is 0 Å². The zero-order valence-electron chi connectivity index (χ0n) is 22.1. The van der Waals surface area contributed by atoms with Crippen LogP contribution >= 0.6 is 11.8 Å². The summed E-state index contributed by atoms with van der Waals surface area (Å²) in [6.07, 6.45) is 2.47. The lowest BCUT2D eigenvalue weighted by molar-refractivity contribution is -0.121. The van der Waals surface area contributed by atoms with E-state index in [9.17, 15) is 13.2 Å². The Morgan fingerprint density at radius 2 is 1.62 bits per heavy atom. The molecule has 0 aromatic heterocycles. The van der Waals surface area contributed by atoms with Crippen molar-refractivity contribution in [2.75, 3.05) is 71.4 Å². The normalized spacial score (nSPS) is 16.5. The number of anilines is 2. The average Bonchev–Trinajstić information content (AvgIpc) is 2.89. The van der Waals surface area contributed by atoms with Crippen LogP contribution in [0.4, 0.5) is 11.4 Å². The lowest BCUT2D eigenvalue weighted by Gasteiger charge is -2.36. The van der Waals surface area contributed by atoms with Gasteiger partial charge in [0.2, 0.25) is 15.9 Å². The SMILES string of the molecule is CCCC(=O)NCCN1CCN(CCCN2c3ccccc3Sc3ccc(S(=O)(=O)N(C)C)cc32)CC1. The zero-order chi connectivity index (χ0) is 26.4. The van der Waals surface area contributed by atoms with Crippen molar-refractivity contribution >= 4 is 39.1 Å². The fourth-order valence-corrected chi connectivity index (χ4v) is 6.78. The number of hydrogen-bond acceptors (Lipinski definition) is 7. The maximum Gasteiger partial charge on any atom is 0.242 e. The molecule has 2 aromatic rings. The van der Waals surface area contributed by atoms with Crippen molar-refractivity contribution in [1.82, 2.24) is 19.4 Å². The number of nitrogens with zero attached hydrogens (tertiary/aromatic N) is 4. The number of amides is 1. The van der Waals surface area contributed by atoms with Crippen molar-refractivity contribution in [2.24, 2.45) is 0 Å². The average molecular weight is 546 g/mol. The van der Waals surface area contributed by atoms with Gasteiger partial charge in [-0.3, -0.25) is 9.69 Å². The Kier molecular flexibility index (Phi) is 9.52. The number of para-hydroxylation sites is 1. The lowest BCUT2D eigenvalue weighted by atomic mass is 10.2. The second kappa shape index (κ2) is 12.6. The van der Waals surface area contributed by atoms with E-state index in [0.717, 1.165) is 81.5 Å². The summed E-state index contributed by atoms with van der Waals surface area (Å²) in [5, 5.41) is 3.01. The summed E-state index contributed by atoms with van der Waals surface area (Å²) in [6.45, 7) is 9.54. The molecule has 0 saturated carbocycles. The maximum absolute atomic E-state index is 12.8. The van der Waals surface area contributed by atoms with Gasteiger partial charge in [-0.15, -0.1) is 0 Å². The van der Waals surface area contributed by atoms with Crippen molar-refractivity contribution in [1.29, 1.82) is 0 Å². The van der Waals surface area contributed by atoms with E-state index in [-0.39, 0.29) is 5.91 Å². The molecule has 0 atom stereocenters. The Hall–Kier alpha value is -2.11. The first-order valence-corrected chi connectivity index (χ1v) is 15.4. The third-order valence-electron chi connectivity index (χ3n) is 6.92. The zero-order valence-corrected chi connectivity index (χ0v) is 23.8. The van der Waals surface area contributed by atoms with Gasteiger partial charge < -0.3 is 15.1 Å². The second-order valence-corrected chi connectivity index (χ2v) is 13.0. The highest BCUT2D eigenvalue weighted by molar-refractivity contribution is 7.99. The highest BCUT2D eigenvalue weighted by Crippen LogP contribution is 2.48. The summed E-state index contributed by atoms with van der Waals surface area (Å²) in [7, 11) is -0.371. The fourth-order valence-electron chi connectivity index (χ4n) is 4.78. The number of sulfonamides is 1. The topological polar surface area (TPSA) is 76.2 Å². The minimum absolute atomic E-state index is 0.145. The van der Waals surface area contributed by atoms with Gasteiger partial charge in [0.05, 0.1) is 16.3 Å². The van der Waals surface area contributed by atoms with Crippen LogP contribution in [-0.4, -0.2) is 94.9 Å². The Morgan fingerprint density at radius 1 is 0.946 bits per heavy atom. The van der Waals surface area contributed by atoms with E-state index in [2.05, 4.69) is 38.2 Å². The number of rotatable bonds is 11. The molecule has 202 valence electrons. The molecular formula is C27H39N5O3S2. The van der Waals surface area contributed by atoms with Gasteiger partial charge in [0.15, 0.2) is 0 Å². The first kappa shape index (κ1) is 27.9. The molecule has 1 amide bonds. The lowest BCUT2D eigenvalue weighted by Crippen LogP contribution is -2.48. The van der Waals surface area contributed by atoms with Crippen LogP contribution < -0.4 is 10.2 Å². The molecule has 8 nitrogen and oxygen atoms in total. The highest BCUT2D eigenvalue weighted by atomic mass is 32.2. The summed E-state index contributed by atoms with van der Waals surface area (Å²) in [6, 6.07) is 13.8. The second-order valence-electron chi connectivity index (χ2n) is 9.78. The minimum atomic E-state index is -3.51. The minimum Gasteiger partial charge on any atom is -0.355 e. The molecule has 4 rings (SSSR count). The molecule has 2 aliphatic heterocycles.